The molecule has 0 aromatic heterocycles. The Bertz CT molecular complexity index is 641. The number of thioether (sulfide) groups is 1. The van der Waals surface area contributed by atoms with Gasteiger partial charge in [0.05, 0.1) is 26.9 Å². The van der Waals surface area contributed by atoms with E-state index in [9.17, 15) is 9.59 Å². The summed E-state index contributed by atoms with van der Waals surface area (Å²) in [6, 6.07) is 6.79. The van der Waals surface area contributed by atoms with Crippen molar-refractivity contribution in [2.75, 3.05) is 58.0 Å². The van der Waals surface area contributed by atoms with Crippen LogP contribution in [-0.4, -0.2) is 80.3 Å². The molecule has 2 amide bonds. The summed E-state index contributed by atoms with van der Waals surface area (Å²) in [4.78, 5) is 26.9. The molecular weight excluding hydrogens is 366 g/mol. The van der Waals surface area contributed by atoms with Crippen molar-refractivity contribution in [3.05, 3.63) is 29.8 Å². The fourth-order valence-corrected chi connectivity index (χ4v) is 4.94. The molecular formula is C19H27N3O4S. The van der Waals surface area contributed by atoms with Gasteiger partial charge in [0.15, 0.2) is 0 Å². The first-order chi connectivity index (χ1) is 13.1. The molecule has 8 heteroatoms. The van der Waals surface area contributed by atoms with Crippen LogP contribution in [0.25, 0.3) is 0 Å². The second-order valence-corrected chi connectivity index (χ2v) is 7.92. The monoisotopic (exact) mass is 393 g/mol. The summed E-state index contributed by atoms with van der Waals surface area (Å²) in [6.07, 6.45) is 1.07. The molecule has 2 aliphatic rings. The second-order valence-electron chi connectivity index (χ2n) is 6.81. The van der Waals surface area contributed by atoms with Gasteiger partial charge < -0.3 is 20.1 Å². The first-order valence-electron chi connectivity index (χ1n) is 9.22. The Hall–Kier alpha value is -1.77. The largest absolute Gasteiger partial charge is 0.497 e. The van der Waals surface area contributed by atoms with E-state index < -0.39 is 0 Å². The smallest absolute Gasteiger partial charge is 0.251 e. The number of carbonyl (C=O) groups excluding carboxylic acids is 2. The van der Waals surface area contributed by atoms with Gasteiger partial charge in [0.25, 0.3) is 5.91 Å². The molecule has 2 heterocycles. The molecule has 148 valence electrons. The van der Waals surface area contributed by atoms with Gasteiger partial charge in [-0.15, -0.1) is 0 Å². The van der Waals surface area contributed by atoms with Crippen LogP contribution in [-0.2, 0) is 9.53 Å². The predicted molar refractivity (Wildman–Crippen MR) is 105 cm³/mol. The summed E-state index contributed by atoms with van der Waals surface area (Å²) in [5.74, 6) is 2.38. The molecule has 0 bridgehead atoms. The highest BCUT2D eigenvalue weighted by Crippen LogP contribution is 2.33. The number of benzene rings is 1. The first kappa shape index (κ1) is 20.0. The third-order valence-corrected chi connectivity index (χ3v) is 6.37. The Labute approximate surface area is 164 Å². The highest BCUT2D eigenvalue weighted by atomic mass is 32.2. The van der Waals surface area contributed by atoms with E-state index in [2.05, 4.69) is 15.5 Å². The average molecular weight is 394 g/mol. The number of rotatable bonds is 7. The molecule has 2 fully saturated rings. The molecule has 7 nitrogen and oxygen atoms in total. The summed E-state index contributed by atoms with van der Waals surface area (Å²) in [7, 11) is 1.58. The molecule has 1 aromatic carbocycles. The van der Waals surface area contributed by atoms with Crippen molar-refractivity contribution in [2.45, 2.75) is 12.0 Å². The zero-order valence-electron chi connectivity index (χ0n) is 15.7. The van der Waals surface area contributed by atoms with Gasteiger partial charge in [-0.25, -0.2) is 0 Å². The van der Waals surface area contributed by atoms with Crippen molar-refractivity contribution in [3.8, 4) is 5.75 Å². The van der Waals surface area contributed by atoms with Crippen LogP contribution in [0.5, 0.6) is 5.75 Å². The van der Waals surface area contributed by atoms with Crippen molar-refractivity contribution >= 4 is 23.6 Å². The average Bonchev–Trinajstić information content (AvgIpc) is 3.21. The maximum atomic E-state index is 12.3. The minimum absolute atomic E-state index is 0.00407. The number of morpholine rings is 1. The Morgan fingerprint density at radius 2 is 1.96 bits per heavy atom. The van der Waals surface area contributed by atoms with E-state index in [0.717, 1.165) is 44.2 Å². The zero-order chi connectivity index (χ0) is 19.1. The highest BCUT2D eigenvalue weighted by Gasteiger charge is 2.40. The fourth-order valence-electron chi connectivity index (χ4n) is 3.47. The standard InChI is InChI=1S/C19H27N3O4S/c1-25-16-4-2-15(3-5-16)18(24)20-12-17(23)21-13-19(6-11-27-14-19)22-7-9-26-10-8-22/h2-5H,6-14H2,1H3,(H,20,24)(H,21,23). The molecule has 0 aliphatic carbocycles. The van der Waals surface area contributed by atoms with Crippen molar-refractivity contribution in [1.82, 2.24) is 15.5 Å². The molecule has 3 rings (SSSR count). The lowest BCUT2D eigenvalue weighted by molar-refractivity contribution is -0.121. The van der Waals surface area contributed by atoms with E-state index in [-0.39, 0.29) is 23.9 Å². The van der Waals surface area contributed by atoms with Gasteiger partial charge >= 0.3 is 0 Å². The van der Waals surface area contributed by atoms with Crippen LogP contribution < -0.4 is 15.4 Å². The van der Waals surface area contributed by atoms with Crippen LogP contribution in [0.3, 0.4) is 0 Å². The quantitative estimate of drug-likeness (QED) is 0.712. The molecule has 2 saturated heterocycles. The van der Waals surface area contributed by atoms with E-state index >= 15 is 0 Å². The van der Waals surface area contributed by atoms with E-state index in [1.165, 1.54) is 0 Å². The summed E-state index contributed by atoms with van der Waals surface area (Å²) in [5.41, 5.74) is 0.505. The zero-order valence-corrected chi connectivity index (χ0v) is 16.5. The van der Waals surface area contributed by atoms with Gasteiger partial charge in [0, 0.05) is 36.5 Å². The van der Waals surface area contributed by atoms with Gasteiger partial charge in [-0.05, 0) is 36.4 Å². The number of hydrogen-bond acceptors (Lipinski definition) is 6. The lowest BCUT2D eigenvalue weighted by Crippen LogP contribution is -2.59. The summed E-state index contributed by atoms with van der Waals surface area (Å²) >= 11 is 1.93. The Balaban J connectivity index is 1.47. The number of nitrogens with one attached hydrogen (secondary N) is 2. The molecule has 1 unspecified atom stereocenters. The van der Waals surface area contributed by atoms with Crippen molar-refractivity contribution in [3.63, 3.8) is 0 Å². The molecule has 1 aromatic rings. The summed E-state index contributed by atoms with van der Waals surface area (Å²) < 4.78 is 10.5. The second kappa shape index (κ2) is 9.43. The number of amides is 2. The third kappa shape index (κ3) is 5.15. The number of ether oxygens (including phenoxy) is 2. The Kier molecular flexibility index (Phi) is 6.98. The lowest BCUT2D eigenvalue weighted by Gasteiger charge is -2.43. The van der Waals surface area contributed by atoms with E-state index in [1.54, 1.807) is 31.4 Å². The van der Waals surface area contributed by atoms with Crippen molar-refractivity contribution < 1.29 is 19.1 Å². The van der Waals surface area contributed by atoms with Gasteiger partial charge in [0.1, 0.15) is 5.75 Å². The van der Waals surface area contributed by atoms with Gasteiger partial charge in [0.2, 0.25) is 5.91 Å². The number of hydrogen-bond donors (Lipinski definition) is 2. The summed E-state index contributed by atoms with van der Waals surface area (Å²) in [6.45, 7) is 3.89. The minimum atomic E-state index is -0.271. The molecule has 1 atom stereocenters. The fraction of sp³-hybridized carbons (Fsp3) is 0.579. The maximum Gasteiger partial charge on any atom is 0.251 e. The van der Waals surface area contributed by atoms with Crippen molar-refractivity contribution in [1.29, 1.82) is 0 Å². The van der Waals surface area contributed by atoms with Crippen LogP contribution in [0, 0.1) is 0 Å². The van der Waals surface area contributed by atoms with E-state index in [4.69, 9.17) is 9.47 Å². The third-order valence-electron chi connectivity index (χ3n) is 5.14. The van der Waals surface area contributed by atoms with Crippen LogP contribution in [0.15, 0.2) is 24.3 Å². The SMILES string of the molecule is COc1ccc(C(=O)NCC(=O)NCC2(N3CCOCC3)CCSC2)cc1. The van der Waals surface area contributed by atoms with Crippen LogP contribution in [0.1, 0.15) is 16.8 Å². The summed E-state index contributed by atoms with van der Waals surface area (Å²) in [5, 5.41) is 5.69. The normalized spacial score (nSPS) is 23.0. The van der Waals surface area contributed by atoms with Crippen LogP contribution in [0.4, 0.5) is 0 Å². The molecule has 0 saturated carbocycles. The lowest BCUT2D eigenvalue weighted by atomic mass is 9.95. The minimum Gasteiger partial charge on any atom is -0.497 e. The van der Waals surface area contributed by atoms with Crippen LogP contribution >= 0.6 is 11.8 Å². The number of carbonyl (C=O) groups is 2. The highest BCUT2D eigenvalue weighted by molar-refractivity contribution is 7.99. The number of nitrogens with zero attached hydrogens (tertiary/aromatic N) is 1. The Morgan fingerprint density at radius 3 is 2.59 bits per heavy atom. The van der Waals surface area contributed by atoms with Crippen molar-refractivity contribution in [2.24, 2.45) is 0 Å². The van der Waals surface area contributed by atoms with Crippen LogP contribution in [0.2, 0.25) is 0 Å². The van der Waals surface area contributed by atoms with Gasteiger partial charge in [-0.2, -0.15) is 11.8 Å². The topological polar surface area (TPSA) is 79.9 Å². The van der Waals surface area contributed by atoms with E-state index in [0.29, 0.717) is 17.9 Å². The molecule has 2 N–H and O–H groups in total. The Morgan fingerprint density at radius 1 is 1.22 bits per heavy atom. The predicted octanol–water partition coefficient (Wildman–Crippen LogP) is 0.749. The number of methoxy groups -OCH3 is 1. The molecule has 2 aliphatic heterocycles. The molecule has 0 spiro atoms. The molecule has 0 radical (unpaired) electrons. The molecule has 27 heavy (non-hydrogen) atoms. The maximum absolute atomic E-state index is 12.3. The van der Waals surface area contributed by atoms with Gasteiger partial charge in [-0.1, -0.05) is 0 Å². The first-order valence-corrected chi connectivity index (χ1v) is 10.4. The van der Waals surface area contributed by atoms with E-state index in [1.807, 2.05) is 11.8 Å². The van der Waals surface area contributed by atoms with Gasteiger partial charge in [-0.3, -0.25) is 14.5 Å².